The third-order valence-corrected chi connectivity index (χ3v) is 7.21. The molecule has 1 atom stereocenters. The van der Waals surface area contributed by atoms with Gasteiger partial charge in [0.15, 0.2) is 0 Å². The number of aromatic hydroxyl groups is 1. The molecule has 202 valence electrons. The summed E-state index contributed by atoms with van der Waals surface area (Å²) in [6, 6.07) is 7.46. The number of aryl methyl sites for hydroxylation is 2. The molecule has 0 amide bonds. The zero-order chi connectivity index (χ0) is 27.0. The van der Waals surface area contributed by atoms with E-state index in [2.05, 4.69) is 0 Å². The molecule has 1 aliphatic carbocycles. The minimum absolute atomic E-state index is 0.273. The van der Waals surface area contributed by atoms with E-state index >= 15 is 0 Å². The van der Waals surface area contributed by atoms with Crippen molar-refractivity contribution < 1.29 is 33.0 Å². The topological polar surface area (TPSA) is 104 Å². The van der Waals surface area contributed by atoms with E-state index in [9.17, 15) is 14.5 Å². The van der Waals surface area contributed by atoms with Crippen molar-refractivity contribution in [2.45, 2.75) is 85.5 Å². The summed E-state index contributed by atoms with van der Waals surface area (Å²) in [5, 5.41) is 10.5. The predicted octanol–water partition coefficient (Wildman–Crippen LogP) is 7.01. The van der Waals surface area contributed by atoms with Crippen LogP contribution in [-0.4, -0.2) is 29.6 Å². The summed E-state index contributed by atoms with van der Waals surface area (Å²) in [5.41, 5.74) is 4.31. The SMILES string of the molecule is Cc1cc(OCO[P+](=O)OCOC(=O)C(C)(C)C)cc(C)c1Cc1ccc(O)c(C2CCCCCC2)n1. The van der Waals surface area contributed by atoms with E-state index in [1.165, 1.54) is 25.7 Å². The first-order chi connectivity index (χ1) is 17.5. The van der Waals surface area contributed by atoms with Crippen molar-refractivity contribution in [2.24, 2.45) is 5.41 Å². The van der Waals surface area contributed by atoms with Gasteiger partial charge in [-0.05, 0) is 88.4 Å². The van der Waals surface area contributed by atoms with Gasteiger partial charge in [0, 0.05) is 22.6 Å². The number of carbonyl (C=O) groups excluding carboxylic acids is 1. The molecule has 2 aromatic rings. The summed E-state index contributed by atoms with van der Waals surface area (Å²) in [4.78, 5) is 16.6. The summed E-state index contributed by atoms with van der Waals surface area (Å²) in [6.07, 6.45) is 7.69. The van der Waals surface area contributed by atoms with Crippen LogP contribution in [0, 0.1) is 19.3 Å². The van der Waals surface area contributed by atoms with Gasteiger partial charge in [-0.25, -0.2) is 0 Å². The zero-order valence-corrected chi connectivity index (χ0v) is 23.4. The first kappa shape index (κ1) is 29.0. The standard InChI is InChI=1S/C28H38NO7P/c1-19-14-23(33-17-35-37(32)36-18-34-27(31)28(3,4)5)15-20(2)24(19)16-22-12-13-25(30)26(29-22)21-10-8-6-7-9-11-21/h12-15,21H,6-11,16-18H2,1-5H3/p+1. The first-order valence-corrected chi connectivity index (χ1v) is 14.0. The molecule has 0 bridgehead atoms. The molecule has 1 aromatic heterocycles. The van der Waals surface area contributed by atoms with Gasteiger partial charge in [-0.2, -0.15) is 0 Å². The molecule has 37 heavy (non-hydrogen) atoms. The zero-order valence-electron chi connectivity index (χ0n) is 22.5. The lowest BCUT2D eigenvalue weighted by Crippen LogP contribution is -2.23. The summed E-state index contributed by atoms with van der Waals surface area (Å²) >= 11 is 0. The second kappa shape index (κ2) is 13.3. The Morgan fingerprint density at radius 1 is 1.03 bits per heavy atom. The molecule has 0 aliphatic heterocycles. The molecule has 9 heteroatoms. The first-order valence-electron chi connectivity index (χ1n) is 12.9. The molecule has 1 aliphatic rings. The van der Waals surface area contributed by atoms with Gasteiger partial charge < -0.3 is 14.6 Å². The van der Waals surface area contributed by atoms with Gasteiger partial charge in [-0.1, -0.05) is 34.7 Å². The van der Waals surface area contributed by atoms with Gasteiger partial charge in [0.1, 0.15) is 11.5 Å². The van der Waals surface area contributed by atoms with Gasteiger partial charge in [0.05, 0.1) is 11.1 Å². The smallest absolute Gasteiger partial charge is 0.506 e. The Kier molecular flexibility index (Phi) is 10.4. The molecule has 1 heterocycles. The number of rotatable bonds is 10. The molecule has 1 N–H and O–H groups in total. The molecular weight excluding hydrogens is 493 g/mol. The molecule has 1 saturated carbocycles. The molecule has 1 unspecified atom stereocenters. The average molecular weight is 533 g/mol. The molecule has 1 aromatic carbocycles. The van der Waals surface area contributed by atoms with Crippen molar-refractivity contribution in [1.29, 1.82) is 0 Å². The van der Waals surface area contributed by atoms with Crippen LogP contribution in [0.5, 0.6) is 11.5 Å². The van der Waals surface area contributed by atoms with E-state index in [1.54, 1.807) is 26.8 Å². The number of pyridine rings is 1. The van der Waals surface area contributed by atoms with Crippen LogP contribution in [0.25, 0.3) is 0 Å². The third-order valence-electron chi connectivity index (χ3n) is 6.57. The highest BCUT2D eigenvalue weighted by Gasteiger charge is 2.27. The van der Waals surface area contributed by atoms with Crippen molar-refractivity contribution in [3.05, 3.63) is 52.3 Å². The maximum atomic E-state index is 11.8. The van der Waals surface area contributed by atoms with E-state index in [1.807, 2.05) is 32.0 Å². The number of ether oxygens (including phenoxy) is 2. The number of carbonyl (C=O) groups is 1. The number of hydrogen-bond donors (Lipinski definition) is 1. The van der Waals surface area contributed by atoms with Crippen LogP contribution < -0.4 is 4.74 Å². The second-order valence-electron chi connectivity index (χ2n) is 10.7. The van der Waals surface area contributed by atoms with Crippen molar-refractivity contribution in [1.82, 2.24) is 4.98 Å². The van der Waals surface area contributed by atoms with Crippen molar-refractivity contribution in [3.8, 4) is 11.5 Å². The molecule has 8 nitrogen and oxygen atoms in total. The van der Waals surface area contributed by atoms with Crippen LogP contribution in [0.4, 0.5) is 0 Å². The van der Waals surface area contributed by atoms with Gasteiger partial charge in [0.2, 0.25) is 13.6 Å². The van der Waals surface area contributed by atoms with Crippen molar-refractivity contribution in [2.75, 3.05) is 13.6 Å². The highest BCUT2D eigenvalue weighted by Crippen LogP contribution is 2.35. The third kappa shape index (κ3) is 8.77. The molecule has 0 saturated heterocycles. The Balaban J connectivity index is 1.55. The second-order valence-corrected chi connectivity index (χ2v) is 11.6. The van der Waals surface area contributed by atoms with Crippen LogP contribution >= 0.6 is 8.25 Å². The van der Waals surface area contributed by atoms with Gasteiger partial charge in [0.25, 0.3) is 0 Å². The van der Waals surface area contributed by atoms with Gasteiger partial charge in [-0.3, -0.25) is 9.78 Å². The fourth-order valence-electron chi connectivity index (χ4n) is 4.47. The molecular formula is C28H39NO7P+. The minimum atomic E-state index is -2.49. The fourth-order valence-corrected chi connectivity index (χ4v) is 4.82. The number of benzene rings is 1. The van der Waals surface area contributed by atoms with Gasteiger partial charge in [-0.15, -0.1) is 0 Å². The molecule has 0 radical (unpaired) electrons. The van der Waals surface area contributed by atoms with Crippen LogP contribution in [0.2, 0.25) is 0 Å². The summed E-state index contributed by atoms with van der Waals surface area (Å²) in [6.45, 7) is 8.44. The predicted molar refractivity (Wildman–Crippen MR) is 141 cm³/mol. The number of nitrogens with zero attached hydrogens (tertiary/aromatic N) is 1. The Bertz CT molecular complexity index is 1070. The van der Waals surface area contributed by atoms with Crippen LogP contribution in [0.15, 0.2) is 24.3 Å². The summed E-state index contributed by atoms with van der Waals surface area (Å²) in [5.74, 6) is 0.740. The van der Waals surface area contributed by atoms with E-state index in [0.29, 0.717) is 23.8 Å². The lowest BCUT2D eigenvalue weighted by molar-refractivity contribution is -0.159. The lowest BCUT2D eigenvalue weighted by atomic mass is 9.94. The van der Waals surface area contributed by atoms with Crippen molar-refractivity contribution >= 4 is 14.2 Å². The Hall–Kier alpha value is -2.54. The number of aromatic nitrogens is 1. The molecule has 1 fully saturated rings. The number of hydrogen-bond acceptors (Lipinski definition) is 8. The summed E-state index contributed by atoms with van der Waals surface area (Å²) in [7, 11) is -2.49. The van der Waals surface area contributed by atoms with Gasteiger partial charge >= 0.3 is 14.2 Å². The van der Waals surface area contributed by atoms with Crippen LogP contribution in [0.1, 0.15) is 93.3 Å². The van der Waals surface area contributed by atoms with Crippen LogP contribution in [0.3, 0.4) is 0 Å². The summed E-state index contributed by atoms with van der Waals surface area (Å²) < 4.78 is 32.3. The van der Waals surface area contributed by atoms with Crippen molar-refractivity contribution in [3.63, 3.8) is 0 Å². The molecule has 0 spiro atoms. The van der Waals surface area contributed by atoms with E-state index in [0.717, 1.165) is 40.9 Å². The largest absolute Gasteiger partial charge is 0.704 e. The molecule has 3 rings (SSSR count). The highest BCUT2D eigenvalue weighted by atomic mass is 31.1. The van der Waals surface area contributed by atoms with E-state index in [-0.39, 0.29) is 6.79 Å². The quantitative estimate of drug-likeness (QED) is 0.151. The van der Waals surface area contributed by atoms with E-state index < -0.39 is 26.4 Å². The minimum Gasteiger partial charge on any atom is -0.506 e. The monoisotopic (exact) mass is 532 g/mol. The lowest BCUT2D eigenvalue weighted by Gasteiger charge is -2.17. The number of esters is 1. The van der Waals surface area contributed by atoms with Crippen LogP contribution in [-0.2, 0) is 29.6 Å². The Morgan fingerprint density at radius 3 is 2.27 bits per heavy atom. The Morgan fingerprint density at radius 2 is 1.65 bits per heavy atom. The van der Waals surface area contributed by atoms with E-state index in [4.69, 9.17) is 23.5 Å². The maximum Gasteiger partial charge on any atom is 0.704 e. The average Bonchev–Trinajstić information content (AvgIpc) is 3.11. The fraction of sp³-hybridized carbons (Fsp3) is 0.571. The maximum absolute atomic E-state index is 11.8. The highest BCUT2D eigenvalue weighted by molar-refractivity contribution is 7.33. The Labute approximate surface area is 220 Å². The normalized spacial score (nSPS) is 15.2.